The molecule has 1 saturated heterocycles. The normalized spacial score (nSPS) is 25.5. The average molecular weight is 486 g/mol. The molecular weight excluding hydrogens is 458 g/mol. The van der Waals surface area contributed by atoms with Crippen LogP contribution in [0.3, 0.4) is 0 Å². The Morgan fingerprint density at radius 3 is 2.15 bits per heavy atom. The highest BCUT2D eigenvalue weighted by Crippen LogP contribution is 2.33. The molecule has 0 amide bonds. The van der Waals surface area contributed by atoms with Gasteiger partial charge in [0.2, 0.25) is 0 Å². The van der Waals surface area contributed by atoms with Crippen LogP contribution >= 0.6 is 0 Å². The van der Waals surface area contributed by atoms with Crippen LogP contribution in [-0.2, 0) is 29.8 Å². The first-order valence-corrected chi connectivity index (χ1v) is 12.0. The van der Waals surface area contributed by atoms with Crippen LogP contribution < -0.4 is 0 Å². The van der Waals surface area contributed by atoms with E-state index in [1.165, 1.54) is 0 Å². The van der Waals surface area contributed by atoms with E-state index in [4.69, 9.17) is 14.2 Å². The van der Waals surface area contributed by atoms with Crippen molar-refractivity contribution in [1.29, 1.82) is 0 Å². The van der Waals surface area contributed by atoms with Gasteiger partial charge in [0, 0.05) is 9.81 Å². The van der Waals surface area contributed by atoms with Crippen LogP contribution in [0, 0.1) is 5.41 Å². The predicted molar refractivity (Wildman–Crippen MR) is 125 cm³/mol. The number of azide groups is 1. The first kappa shape index (κ1) is 25.4. The molecule has 0 N–H and O–H groups in total. The fraction of sp³-hybridized carbons (Fsp3) is 0.417. The zero-order chi connectivity index (χ0) is 24.9. The van der Waals surface area contributed by atoms with Gasteiger partial charge in [0.15, 0.2) is 11.5 Å². The van der Waals surface area contributed by atoms with Crippen molar-refractivity contribution in [1.82, 2.24) is 0 Å². The van der Waals surface area contributed by atoms with E-state index in [2.05, 4.69) is 10.0 Å². The fourth-order valence-electron chi connectivity index (χ4n) is 3.40. The van der Waals surface area contributed by atoms with Crippen molar-refractivity contribution in [3.05, 3.63) is 76.7 Å². The molecule has 0 radical (unpaired) electrons. The Labute approximate surface area is 200 Å². The molecule has 3 rings (SSSR count). The third-order valence-corrected chi connectivity index (χ3v) is 6.77. The Kier molecular flexibility index (Phi) is 8.09. The van der Waals surface area contributed by atoms with Crippen molar-refractivity contribution in [2.45, 2.75) is 62.4 Å². The lowest BCUT2D eigenvalue weighted by atomic mass is 9.95. The molecule has 10 heteroatoms. The van der Waals surface area contributed by atoms with E-state index in [9.17, 15) is 19.3 Å². The zero-order valence-corrected chi connectivity index (χ0v) is 20.2. The van der Waals surface area contributed by atoms with Gasteiger partial charge in [0.25, 0.3) is 0 Å². The number of nitrogens with zero attached hydrogens (tertiary/aromatic N) is 3. The summed E-state index contributed by atoms with van der Waals surface area (Å²) >= 11 is 0. The summed E-state index contributed by atoms with van der Waals surface area (Å²) in [6.07, 6.45) is -3.13. The summed E-state index contributed by atoms with van der Waals surface area (Å²) in [5.41, 5.74) is 7.55. The third-order valence-electron chi connectivity index (χ3n) is 5.23. The number of hydrogen-bond acceptors (Lipinski definition) is 7. The van der Waals surface area contributed by atoms with Gasteiger partial charge in [-0.15, -0.1) is 0 Å². The maximum atomic E-state index is 13.4. The summed E-state index contributed by atoms with van der Waals surface area (Å²) in [5, 5.41) is 3.82. The Morgan fingerprint density at radius 1 is 1.00 bits per heavy atom. The Morgan fingerprint density at radius 2 is 1.59 bits per heavy atom. The highest BCUT2D eigenvalue weighted by atomic mass is 32.2. The third kappa shape index (κ3) is 5.83. The number of carbonyl (C=O) groups is 2. The molecule has 1 unspecified atom stereocenters. The topological polar surface area (TPSA) is 128 Å². The molecule has 2 aromatic rings. The lowest BCUT2D eigenvalue weighted by Crippen LogP contribution is -2.60. The van der Waals surface area contributed by atoms with Gasteiger partial charge in [-0.25, -0.2) is 4.79 Å². The molecule has 2 aromatic carbocycles. The minimum atomic E-state index is -1.77. The van der Waals surface area contributed by atoms with Crippen molar-refractivity contribution >= 4 is 22.7 Å². The molecule has 0 saturated carbocycles. The minimum absolute atomic E-state index is 0.299. The van der Waals surface area contributed by atoms with Gasteiger partial charge in [0.05, 0.1) is 27.9 Å². The van der Waals surface area contributed by atoms with E-state index in [-0.39, 0.29) is 0 Å². The van der Waals surface area contributed by atoms with Gasteiger partial charge in [-0.05, 0) is 57.5 Å². The zero-order valence-electron chi connectivity index (χ0n) is 19.4. The van der Waals surface area contributed by atoms with Crippen molar-refractivity contribution in [3.8, 4) is 0 Å². The summed E-state index contributed by atoms with van der Waals surface area (Å²) < 4.78 is 30.9. The molecule has 9 nitrogen and oxygen atoms in total. The van der Waals surface area contributed by atoms with Gasteiger partial charge < -0.3 is 14.2 Å². The van der Waals surface area contributed by atoms with E-state index in [0.717, 1.165) is 0 Å². The minimum Gasteiger partial charge on any atom is -0.458 e. The molecule has 0 aliphatic carbocycles. The van der Waals surface area contributed by atoms with E-state index in [1.54, 1.807) is 88.4 Å². The first-order valence-electron chi connectivity index (χ1n) is 10.8. The van der Waals surface area contributed by atoms with E-state index >= 15 is 0 Å². The number of benzene rings is 2. The molecular formula is C24H27N3O6S. The Balaban J connectivity index is 1.99. The maximum absolute atomic E-state index is 13.4. The van der Waals surface area contributed by atoms with Crippen molar-refractivity contribution < 1.29 is 28.0 Å². The number of rotatable bonds is 6. The largest absolute Gasteiger partial charge is 0.458 e. The molecule has 6 atom stereocenters. The van der Waals surface area contributed by atoms with Gasteiger partial charge in [-0.1, -0.05) is 41.5 Å². The number of ether oxygens (including phenoxy) is 3. The molecule has 0 bridgehead atoms. The van der Waals surface area contributed by atoms with Gasteiger partial charge >= 0.3 is 11.9 Å². The molecule has 1 heterocycles. The second-order valence-electron chi connectivity index (χ2n) is 8.87. The highest BCUT2D eigenvalue weighted by Gasteiger charge is 2.51. The van der Waals surface area contributed by atoms with Crippen LogP contribution in [-0.4, -0.2) is 45.9 Å². The fourth-order valence-corrected chi connectivity index (χ4v) is 4.83. The summed E-state index contributed by atoms with van der Waals surface area (Å²) in [5.74, 6) is -1.25. The van der Waals surface area contributed by atoms with Crippen LogP contribution in [0.5, 0.6) is 0 Å². The monoisotopic (exact) mass is 485 g/mol. The maximum Gasteiger partial charge on any atom is 0.338 e. The molecule has 180 valence electrons. The van der Waals surface area contributed by atoms with Crippen LogP contribution in [0.25, 0.3) is 10.4 Å². The molecule has 1 aliphatic heterocycles. The smallest absolute Gasteiger partial charge is 0.338 e. The summed E-state index contributed by atoms with van der Waals surface area (Å²) in [7, 11) is -1.77. The highest BCUT2D eigenvalue weighted by molar-refractivity contribution is 7.85. The van der Waals surface area contributed by atoms with Crippen molar-refractivity contribution in [2.24, 2.45) is 10.5 Å². The molecule has 1 aliphatic rings. The first-order chi connectivity index (χ1) is 16.1. The average Bonchev–Trinajstić information content (AvgIpc) is 2.82. The van der Waals surface area contributed by atoms with Crippen LogP contribution in [0.1, 0.15) is 38.1 Å². The lowest BCUT2D eigenvalue weighted by molar-refractivity contribution is -0.186. The van der Waals surface area contributed by atoms with Gasteiger partial charge in [0.1, 0.15) is 12.1 Å². The van der Waals surface area contributed by atoms with Crippen LogP contribution in [0.4, 0.5) is 0 Å². The van der Waals surface area contributed by atoms with E-state index in [1.807, 2.05) is 0 Å². The molecule has 0 spiro atoms. The summed E-state index contributed by atoms with van der Waals surface area (Å²) in [6, 6.07) is 15.7. The lowest BCUT2D eigenvalue weighted by Gasteiger charge is -2.43. The summed E-state index contributed by atoms with van der Waals surface area (Å²) in [6.45, 7) is 6.63. The quantitative estimate of drug-likeness (QED) is 0.258. The number of carbonyl (C=O) groups excluding carboxylic acids is 2. The second-order valence-corrected chi connectivity index (χ2v) is 10.4. The molecule has 0 aromatic heterocycles. The van der Waals surface area contributed by atoms with Gasteiger partial charge in [-0.3, -0.25) is 9.00 Å². The SMILES string of the molecule is C[C@@H]1O[C@H](S(=O)c2ccccc2)[C@@H](OC(=O)C(C)(C)C)[C@H](N=[N+]=[N-])[C@@H]1OC(=O)c1ccccc1. The van der Waals surface area contributed by atoms with E-state index in [0.29, 0.717) is 10.5 Å². The molecule has 1 fully saturated rings. The standard InChI is InChI=1S/C24H27N3O6S/c1-15-19(32-21(28)16-11-7-5-8-12-16)18(26-27-25)20(33-23(29)24(2,3)4)22(31-15)34(30)17-13-9-6-10-14-17/h5-15,18-20,22H,1-4H3/t15-,18+,19+,20-,22+,34?/m0/s1. The van der Waals surface area contributed by atoms with E-state index < -0.39 is 57.9 Å². The second kappa shape index (κ2) is 10.8. The number of hydrogen-bond donors (Lipinski definition) is 0. The molecule has 34 heavy (non-hydrogen) atoms. The summed E-state index contributed by atoms with van der Waals surface area (Å²) in [4.78, 5) is 28.9. The predicted octanol–water partition coefficient (Wildman–Crippen LogP) is 4.40. The van der Waals surface area contributed by atoms with Crippen molar-refractivity contribution in [3.63, 3.8) is 0 Å². The van der Waals surface area contributed by atoms with Crippen molar-refractivity contribution in [2.75, 3.05) is 0 Å². The number of esters is 2. The van der Waals surface area contributed by atoms with Crippen LogP contribution in [0.15, 0.2) is 70.7 Å². The van der Waals surface area contributed by atoms with Gasteiger partial charge in [-0.2, -0.15) is 0 Å². The van der Waals surface area contributed by atoms with Crippen LogP contribution in [0.2, 0.25) is 0 Å². The Bertz CT molecular complexity index is 1080. The Hall–Kier alpha value is -3.20.